The van der Waals surface area contributed by atoms with Crippen LogP contribution >= 0.6 is 0 Å². The smallest absolute Gasteiger partial charge is 0.409 e. The summed E-state index contributed by atoms with van der Waals surface area (Å²) in [6.45, 7) is 1.66. The number of nitrogens with one attached hydrogen (secondary N) is 1. The summed E-state index contributed by atoms with van der Waals surface area (Å²) in [5, 5.41) is 11.0. The molecule has 1 aliphatic rings. The molecule has 1 amide bonds. The highest BCUT2D eigenvalue weighted by Crippen LogP contribution is 2.02. The number of cyclic esters (lactones) is 1. The molecule has 0 spiro atoms. The van der Waals surface area contributed by atoms with Crippen LogP contribution in [0.3, 0.4) is 0 Å². The minimum absolute atomic E-state index is 0.275. The Morgan fingerprint density at radius 1 is 1.88 bits per heavy atom. The van der Waals surface area contributed by atoms with E-state index in [2.05, 4.69) is 10.1 Å². The Kier molecular flexibility index (Phi) is 1.09. The molecule has 4 heteroatoms. The van der Waals surface area contributed by atoms with Crippen molar-refractivity contribution in [3.63, 3.8) is 0 Å². The molecule has 8 heavy (non-hydrogen) atoms. The molecule has 4 nitrogen and oxygen atoms in total. The Balaban J connectivity index is 2.51. The largest absolute Gasteiger partial charge is 0.418 e. The summed E-state index contributed by atoms with van der Waals surface area (Å²) in [6, 6.07) is -0.275. The second-order valence-corrected chi connectivity index (χ2v) is 1.73. The van der Waals surface area contributed by atoms with Crippen LogP contribution in [0.1, 0.15) is 6.92 Å². The normalized spacial score (nSPS) is 36.5. The number of aliphatic hydroxyl groups excluding tert-OH is 1. The third-order valence-electron chi connectivity index (χ3n) is 1.00. The average Bonchev–Trinajstić information content (AvgIpc) is 1.85. The lowest BCUT2D eigenvalue weighted by molar-refractivity contribution is -0.0317. The van der Waals surface area contributed by atoms with Gasteiger partial charge in [0.1, 0.15) is 0 Å². The fourth-order valence-electron chi connectivity index (χ4n) is 0.503. The highest BCUT2D eigenvalue weighted by atomic mass is 16.7. The Morgan fingerprint density at radius 2 is 2.50 bits per heavy atom. The van der Waals surface area contributed by atoms with Crippen molar-refractivity contribution in [2.24, 2.45) is 0 Å². The predicted octanol–water partition coefficient (Wildman–Crippen LogP) is -0.567. The van der Waals surface area contributed by atoms with Crippen molar-refractivity contribution in [3.05, 3.63) is 0 Å². The first kappa shape index (κ1) is 5.37. The van der Waals surface area contributed by atoms with Crippen LogP contribution < -0.4 is 5.32 Å². The van der Waals surface area contributed by atoms with E-state index >= 15 is 0 Å². The van der Waals surface area contributed by atoms with Crippen LogP contribution in [0.25, 0.3) is 0 Å². The van der Waals surface area contributed by atoms with E-state index in [4.69, 9.17) is 5.11 Å². The first-order valence-electron chi connectivity index (χ1n) is 2.35. The number of rotatable bonds is 0. The number of hydrogen-bond donors (Lipinski definition) is 2. The molecular formula is C4H7NO3. The van der Waals surface area contributed by atoms with Crippen molar-refractivity contribution >= 4 is 6.09 Å². The number of hydrogen-bond acceptors (Lipinski definition) is 3. The van der Waals surface area contributed by atoms with Gasteiger partial charge >= 0.3 is 6.09 Å². The van der Waals surface area contributed by atoms with Gasteiger partial charge in [0.2, 0.25) is 6.29 Å². The first-order chi connectivity index (χ1) is 3.70. The molecule has 0 aromatic rings. The lowest BCUT2D eigenvalue weighted by Crippen LogP contribution is -2.27. The zero-order valence-corrected chi connectivity index (χ0v) is 4.42. The van der Waals surface area contributed by atoms with E-state index in [1.165, 1.54) is 0 Å². The van der Waals surface area contributed by atoms with Crippen LogP contribution in [-0.4, -0.2) is 23.5 Å². The van der Waals surface area contributed by atoms with Gasteiger partial charge in [0, 0.05) is 0 Å². The summed E-state index contributed by atoms with van der Waals surface area (Å²) in [5.41, 5.74) is 0. The maximum absolute atomic E-state index is 10.2. The van der Waals surface area contributed by atoms with Gasteiger partial charge in [-0.3, -0.25) is 0 Å². The third kappa shape index (κ3) is 0.742. The van der Waals surface area contributed by atoms with Gasteiger partial charge in [-0.2, -0.15) is 0 Å². The van der Waals surface area contributed by atoms with E-state index < -0.39 is 12.4 Å². The van der Waals surface area contributed by atoms with E-state index in [1.54, 1.807) is 6.92 Å². The summed E-state index contributed by atoms with van der Waals surface area (Å²) in [7, 11) is 0. The molecule has 1 unspecified atom stereocenters. The molecule has 1 fully saturated rings. The molecule has 0 aromatic carbocycles. The van der Waals surface area contributed by atoms with Gasteiger partial charge in [0.05, 0.1) is 6.04 Å². The maximum Gasteiger partial charge on any atom is 0.409 e. The zero-order valence-electron chi connectivity index (χ0n) is 4.42. The summed E-state index contributed by atoms with van der Waals surface area (Å²) in [4.78, 5) is 10.2. The van der Waals surface area contributed by atoms with Crippen molar-refractivity contribution in [2.45, 2.75) is 19.3 Å². The minimum Gasteiger partial charge on any atom is -0.418 e. The lowest BCUT2D eigenvalue weighted by atomic mass is 10.4. The van der Waals surface area contributed by atoms with E-state index in [9.17, 15) is 4.79 Å². The lowest BCUT2D eigenvalue weighted by Gasteiger charge is -2.01. The molecule has 0 aliphatic carbocycles. The van der Waals surface area contributed by atoms with Gasteiger partial charge in [0.15, 0.2) is 0 Å². The molecule has 0 radical (unpaired) electrons. The summed E-state index contributed by atoms with van der Waals surface area (Å²) >= 11 is 0. The number of ether oxygens (including phenoxy) is 1. The van der Waals surface area contributed by atoms with E-state index in [-0.39, 0.29) is 6.04 Å². The molecular weight excluding hydrogens is 110 g/mol. The predicted molar refractivity (Wildman–Crippen MR) is 25.1 cm³/mol. The number of carbonyl (C=O) groups excluding carboxylic acids is 1. The summed E-state index contributed by atoms with van der Waals surface area (Å²) in [5.74, 6) is 0. The van der Waals surface area contributed by atoms with Gasteiger partial charge in [-0.15, -0.1) is 0 Å². The van der Waals surface area contributed by atoms with Crippen molar-refractivity contribution < 1.29 is 14.6 Å². The van der Waals surface area contributed by atoms with Crippen molar-refractivity contribution in [1.29, 1.82) is 0 Å². The van der Waals surface area contributed by atoms with E-state index in [0.29, 0.717) is 0 Å². The second kappa shape index (κ2) is 1.63. The fourth-order valence-corrected chi connectivity index (χ4v) is 0.503. The zero-order chi connectivity index (χ0) is 6.15. The Labute approximate surface area is 46.4 Å². The SMILES string of the molecule is C[C@@H]1NC(=O)OC1O. The van der Waals surface area contributed by atoms with Crippen LogP contribution in [0.4, 0.5) is 4.79 Å². The summed E-state index contributed by atoms with van der Waals surface area (Å²) in [6.07, 6.45) is -1.52. The molecule has 0 bridgehead atoms. The molecule has 1 saturated heterocycles. The van der Waals surface area contributed by atoms with Crippen molar-refractivity contribution in [3.8, 4) is 0 Å². The van der Waals surface area contributed by atoms with Crippen LogP contribution in [0, 0.1) is 0 Å². The second-order valence-electron chi connectivity index (χ2n) is 1.73. The van der Waals surface area contributed by atoms with Gasteiger partial charge in [-0.05, 0) is 6.92 Å². The van der Waals surface area contributed by atoms with Gasteiger partial charge < -0.3 is 15.2 Å². The van der Waals surface area contributed by atoms with Crippen molar-refractivity contribution in [1.82, 2.24) is 5.32 Å². The fraction of sp³-hybridized carbons (Fsp3) is 0.750. The van der Waals surface area contributed by atoms with Gasteiger partial charge in [-0.1, -0.05) is 0 Å². The highest BCUT2D eigenvalue weighted by molar-refractivity contribution is 5.69. The number of alkyl carbamates (subject to hydrolysis) is 1. The van der Waals surface area contributed by atoms with Crippen LogP contribution in [-0.2, 0) is 4.74 Å². The summed E-state index contributed by atoms with van der Waals surface area (Å²) < 4.78 is 4.28. The van der Waals surface area contributed by atoms with E-state index in [0.717, 1.165) is 0 Å². The Morgan fingerprint density at radius 3 is 2.62 bits per heavy atom. The first-order valence-corrected chi connectivity index (χ1v) is 2.35. The molecule has 0 aromatic heterocycles. The van der Waals surface area contributed by atoms with Crippen LogP contribution in [0.2, 0.25) is 0 Å². The quantitative estimate of drug-likeness (QED) is 0.447. The highest BCUT2D eigenvalue weighted by Gasteiger charge is 2.27. The topological polar surface area (TPSA) is 58.6 Å². The Bertz CT molecular complexity index is 102. The molecule has 46 valence electrons. The molecule has 1 aliphatic heterocycles. The third-order valence-corrected chi connectivity index (χ3v) is 1.00. The molecule has 2 N–H and O–H groups in total. The maximum atomic E-state index is 10.2. The standard InChI is InChI=1S/C4H7NO3/c1-2-3(6)8-4(7)5-2/h2-3,6H,1H3,(H,5,7)/t2-,3?/m0/s1. The monoisotopic (exact) mass is 117 g/mol. The van der Waals surface area contributed by atoms with Gasteiger partial charge in [-0.25, -0.2) is 4.79 Å². The number of aliphatic hydroxyl groups is 1. The number of amides is 1. The van der Waals surface area contributed by atoms with Crippen LogP contribution in [0.15, 0.2) is 0 Å². The molecule has 2 atom stereocenters. The average molecular weight is 117 g/mol. The number of carbonyl (C=O) groups is 1. The van der Waals surface area contributed by atoms with Gasteiger partial charge in [0.25, 0.3) is 0 Å². The molecule has 1 heterocycles. The Hall–Kier alpha value is -0.770. The van der Waals surface area contributed by atoms with Crippen molar-refractivity contribution in [2.75, 3.05) is 0 Å². The van der Waals surface area contributed by atoms with Crippen LogP contribution in [0.5, 0.6) is 0 Å². The molecule has 0 saturated carbocycles. The molecule has 1 rings (SSSR count). The van der Waals surface area contributed by atoms with E-state index in [1.807, 2.05) is 0 Å². The minimum atomic E-state index is -0.970.